The Hall–Kier alpha value is -3.21. The van der Waals surface area contributed by atoms with Gasteiger partial charge in [0, 0.05) is 34.5 Å². The van der Waals surface area contributed by atoms with E-state index in [-0.39, 0.29) is 45.1 Å². The molecule has 0 radical (unpaired) electrons. The van der Waals surface area contributed by atoms with E-state index in [0.29, 0.717) is 6.42 Å². The zero-order chi connectivity index (χ0) is 28.7. The lowest BCUT2D eigenvalue weighted by molar-refractivity contribution is 0.0656. The van der Waals surface area contributed by atoms with Gasteiger partial charge in [0.05, 0.1) is 22.7 Å². The molecule has 204 valence electrons. The van der Waals surface area contributed by atoms with Gasteiger partial charge in [-0.25, -0.2) is 13.6 Å². The first-order valence-corrected chi connectivity index (χ1v) is 13.3. The maximum atomic E-state index is 15.8. The van der Waals surface area contributed by atoms with Crippen LogP contribution in [0.4, 0.5) is 8.78 Å². The zero-order valence-corrected chi connectivity index (χ0v) is 23.2. The third-order valence-corrected chi connectivity index (χ3v) is 8.05. The number of rotatable bonds is 5. The molecule has 0 bridgehead atoms. The van der Waals surface area contributed by atoms with Crippen LogP contribution in [0.25, 0.3) is 0 Å². The quantitative estimate of drug-likeness (QED) is 0.402. The lowest BCUT2D eigenvalue weighted by Crippen LogP contribution is -2.51. The third-order valence-electron chi connectivity index (χ3n) is 7.51. The fourth-order valence-corrected chi connectivity index (χ4v) is 6.37. The maximum Gasteiger partial charge on any atom is 0.335 e. The second kappa shape index (κ2) is 10.7. The summed E-state index contributed by atoms with van der Waals surface area (Å²) in [7, 11) is 0. The highest BCUT2D eigenvalue weighted by molar-refractivity contribution is 6.31. The Morgan fingerprint density at radius 1 is 1.13 bits per heavy atom. The van der Waals surface area contributed by atoms with E-state index in [1.165, 1.54) is 47.4 Å². The van der Waals surface area contributed by atoms with E-state index in [0.717, 1.165) is 6.07 Å². The summed E-state index contributed by atoms with van der Waals surface area (Å²) in [6, 6.07) is 10.7. The van der Waals surface area contributed by atoms with Crippen molar-refractivity contribution in [1.29, 1.82) is 5.26 Å². The molecule has 1 N–H and O–H groups in total. The molecule has 0 spiro atoms. The van der Waals surface area contributed by atoms with Crippen molar-refractivity contribution in [1.82, 2.24) is 4.90 Å². The van der Waals surface area contributed by atoms with Crippen LogP contribution in [0.1, 0.15) is 59.9 Å². The van der Waals surface area contributed by atoms with Gasteiger partial charge in [0.25, 0.3) is 5.91 Å². The van der Waals surface area contributed by atoms with Gasteiger partial charge < -0.3 is 10.0 Å². The second-order valence-corrected chi connectivity index (χ2v) is 12.1. The minimum atomic E-state index is -1.64. The fraction of sp³-hybridized carbons (Fsp3) is 0.367. The molecule has 1 heterocycles. The molecular formula is C30H28Cl2F2N2O3. The number of hydrogen-bond donors (Lipinski definition) is 1. The van der Waals surface area contributed by atoms with Gasteiger partial charge in [0.1, 0.15) is 17.1 Å². The highest BCUT2D eigenvalue weighted by Gasteiger charge is 2.61. The zero-order valence-electron chi connectivity index (χ0n) is 21.7. The van der Waals surface area contributed by atoms with Crippen molar-refractivity contribution in [2.45, 2.75) is 45.1 Å². The van der Waals surface area contributed by atoms with E-state index in [9.17, 15) is 20.0 Å². The molecule has 0 saturated carbocycles. The van der Waals surface area contributed by atoms with Gasteiger partial charge in [0.15, 0.2) is 0 Å². The van der Waals surface area contributed by atoms with Gasteiger partial charge in [-0.05, 0) is 60.7 Å². The van der Waals surface area contributed by atoms with Gasteiger partial charge in [-0.2, -0.15) is 5.26 Å². The van der Waals surface area contributed by atoms with Crippen molar-refractivity contribution in [3.63, 3.8) is 0 Å². The normalized spacial score (nSPS) is 25.1. The molecule has 1 unspecified atom stereocenters. The first-order chi connectivity index (χ1) is 18.3. The molecule has 1 fully saturated rings. The standard InChI is InChI=1S/C30H28Cl2F2N2O3/c1-29(2,3)14-19-15-36(27(37)17-7-9-18(10-8-17)28(38)39)26(21-5-4-6-23(32)25(21)34)30(19,16-35)22-12-11-20(31)13-24(22)33/h4,6-13,19,21,26H,5,14-15H2,1-3H3,(H,38,39)/t19-,21?,26-,30-/m1/s1. The van der Waals surface area contributed by atoms with E-state index in [4.69, 9.17) is 23.2 Å². The number of nitrogens with zero attached hydrogens (tertiary/aromatic N) is 2. The summed E-state index contributed by atoms with van der Waals surface area (Å²) >= 11 is 12.2. The van der Waals surface area contributed by atoms with Gasteiger partial charge in [-0.1, -0.05) is 56.1 Å². The molecule has 4 atom stereocenters. The van der Waals surface area contributed by atoms with Gasteiger partial charge in [0.2, 0.25) is 0 Å². The smallest absolute Gasteiger partial charge is 0.335 e. The molecule has 39 heavy (non-hydrogen) atoms. The molecule has 1 saturated heterocycles. The first-order valence-electron chi connectivity index (χ1n) is 12.5. The average Bonchev–Trinajstić information content (AvgIpc) is 3.18. The van der Waals surface area contributed by atoms with Crippen molar-refractivity contribution >= 4 is 35.1 Å². The van der Waals surface area contributed by atoms with Crippen LogP contribution in [0, 0.1) is 34.4 Å². The molecule has 0 aromatic heterocycles. The van der Waals surface area contributed by atoms with Crippen molar-refractivity contribution in [3.8, 4) is 6.07 Å². The number of carboxylic acids is 1. The Morgan fingerprint density at radius 2 is 1.77 bits per heavy atom. The fourth-order valence-electron chi connectivity index (χ4n) is 5.98. The number of likely N-dealkylation sites (tertiary alicyclic amines) is 1. The van der Waals surface area contributed by atoms with E-state index in [1.54, 1.807) is 6.08 Å². The minimum absolute atomic E-state index is 0.00270. The highest BCUT2D eigenvalue weighted by Crippen LogP contribution is 2.54. The van der Waals surface area contributed by atoms with E-state index in [2.05, 4.69) is 6.07 Å². The largest absolute Gasteiger partial charge is 0.478 e. The number of halogens is 4. The van der Waals surface area contributed by atoms with Gasteiger partial charge >= 0.3 is 5.97 Å². The van der Waals surface area contributed by atoms with Crippen LogP contribution in [0.15, 0.2) is 65.5 Å². The van der Waals surface area contributed by atoms with Crippen LogP contribution < -0.4 is 0 Å². The third kappa shape index (κ3) is 5.33. The van der Waals surface area contributed by atoms with E-state index >= 15 is 8.78 Å². The molecule has 2 aliphatic rings. The Balaban J connectivity index is 1.96. The summed E-state index contributed by atoms with van der Waals surface area (Å²) in [5, 5.41) is 20.2. The number of nitriles is 1. The van der Waals surface area contributed by atoms with E-state index < -0.39 is 46.8 Å². The van der Waals surface area contributed by atoms with E-state index in [1.807, 2.05) is 20.8 Å². The molecule has 4 rings (SSSR count). The van der Waals surface area contributed by atoms with Gasteiger partial charge in [-0.3, -0.25) is 4.79 Å². The Kier molecular flexibility index (Phi) is 7.93. The van der Waals surface area contributed by atoms with Crippen LogP contribution in [-0.2, 0) is 5.41 Å². The number of carboxylic acid groups (broad SMARTS) is 1. The van der Waals surface area contributed by atoms with Crippen molar-refractivity contribution in [2.24, 2.45) is 17.3 Å². The summed E-state index contributed by atoms with van der Waals surface area (Å²) in [4.78, 5) is 26.8. The maximum absolute atomic E-state index is 15.8. The number of aromatic carboxylic acids is 1. The van der Waals surface area contributed by atoms with Crippen LogP contribution in [0.3, 0.4) is 0 Å². The minimum Gasteiger partial charge on any atom is -0.478 e. The molecule has 1 amide bonds. The average molecular weight is 573 g/mol. The van der Waals surface area contributed by atoms with Crippen LogP contribution >= 0.6 is 23.2 Å². The summed E-state index contributed by atoms with van der Waals surface area (Å²) in [6.45, 7) is 6.01. The number of carbonyl (C=O) groups excluding carboxylic acids is 1. The molecule has 2 aromatic carbocycles. The number of hydrogen-bond acceptors (Lipinski definition) is 3. The Morgan fingerprint density at radius 3 is 2.33 bits per heavy atom. The number of amides is 1. The lowest BCUT2D eigenvalue weighted by atomic mass is 9.61. The molecule has 1 aliphatic heterocycles. The van der Waals surface area contributed by atoms with Gasteiger partial charge in [-0.15, -0.1) is 0 Å². The molecular weight excluding hydrogens is 545 g/mol. The SMILES string of the molecule is CC(C)(C)C[C@@H]1CN(C(=O)c2ccc(C(=O)O)cc2)[C@H](C2CC=CC(Cl)=C2F)[C@@]1(C#N)c1ccc(Cl)cc1F. The predicted octanol–water partition coefficient (Wildman–Crippen LogP) is 7.51. The monoisotopic (exact) mass is 572 g/mol. The van der Waals surface area contributed by atoms with Crippen molar-refractivity contribution in [3.05, 3.63) is 93.0 Å². The van der Waals surface area contributed by atoms with Crippen molar-refractivity contribution < 1.29 is 23.5 Å². The lowest BCUT2D eigenvalue weighted by Gasteiger charge is -2.41. The van der Waals surface area contributed by atoms with Crippen LogP contribution in [-0.4, -0.2) is 34.5 Å². The number of benzene rings is 2. The topological polar surface area (TPSA) is 81.4 Å². The first kappa shape index (κ1) is 28.8. The number of allylic oxidation sites excluding steroid dienone is 3. The summed E-state index contributed by atoms with van der Waals surface area (Å²) < 4.78 is 31.5. The number of carbonyl (C=O) groups is 2. The summed E-state index contributed by atoms with van der Waals surface area (Å²) in [5.74, 6) is -4.62. The molecule has 5 nitrogen and oxygen atoms in total. The summed E-state index contributed by atoms with van der Waals surface area (Å²) in [5.41, 5.74) is -1.73. The molecule has 9 heteroatoms. The second-order valence-electron chi connectivity index (χ2n) is 11.3. The predicted molar refractivity (Wildman–Crippen MR) is 146 cm³/mol. The van der Waals surface area contributed by atoms with Crippen LogP contribution in [0.5, 0.6) is 0 Å². The van der Waals surface area contributed by atoms with Crippen molar-refractivity contribution in [2.75, 3.05) is 6.54 Å². The molecule has 2 aromatic rings. The Labute approximate surface area is 236 Å². The van der Waals surface area contributed by atoms with Crippen LogP contribution in [0.2, 0.25) is 5.02 Å². The summed E-state index contributed by atoms with van der Waals surface area (Å²) in [6.07, 6.45) is 3.69. The Bertz CT molecular complexity index is 1410. The molecule has 1 aliphatic carbocycles. The highest BCUT2D eigenvalue weighted by atomic mass is 35.5.